The normalized spacial score (nSPS) is 13.0. The molecule has 8 N–H and O–H groups in total. The van der Waals surface area contributed by atoms with Crippen molar-refractivity contribution < 1.29 is 122 Å². The molecule has 5 aromatic rings. The topological polar surface area (TPSA) is 394 Å². The van der Waals surface area contributed by atoms with Crippen LogP contribution in [-0.4, -0.2) is 145 Å². The fourth-order valence-corrected chi connectivity index (χ4v) is 9.98. The number of benzene rings is 2. The van der Waals surface area contributed by atoms with E-state index in [1.165, 1.54) is 42.9 Å². The van der Waals surface area contributed by atoms with Crippen molar-refractivity contribution in [3.05, 3.63) is 187 Å². The number of nitrogens with two attached hydrogens (primary N) is 1. The number of nitrogens with zero attached hydrogens (tertiary/aromatic N) is 4. The van der Waals surface area contributed by atoms with Gasteiger partial charge in [0.15, 0.2) is 17.1 Å². The number of rotatable bonds is 32. The molecule has 0 aliphatic carbocycles. The van der Waals surface area contributed by atoms with E-state index in [1.54, 1.807) is 190 Å². The highest BCUT2D eigenvalue weighted by Gasteiger charge is 2.62. The Balaban J connectivity index is 0.000000845. The molecule has 0 bridgehead atoms. The number of alkyl halides is 6. The van der Waals surface area contributed by atoms with Crippen molar-refractivity contribution in [2.24, 2.45) is 5.84 Å². The summed E-state index contributed by atoms with van der Waals surface area (Å²) in [4.78, 5) is 126. The minimum Gasteiger partial charge on any atom is -0.476 e. The highest BCUT2D eigenvalue weighted by Crippen LogP contribution is 2.41. The summed E-state index contributed by atoms with van der Waals surface area (Å²) in [5, 5.41) is 14.2. The van der Waals surface area contributed by atoms with Gasteiger partial charge in [0.1, 0.15) is 40.7 Å². The number of allylic oxidation sites excluding steroid dienone is 2. The summed E-state index contributed by atoms with van der Waals surface area (Å²) >= 11 is 0. The van der Waals surface area contributed by atoms with Crippen LogP contribution in [0.3, 0.4) is 0 Å². The van der Waals surface area contributed by atoms with E-state index in [4.69, 9.17) is 53.2 Å². The van der Waals surface area contributed by atoms with Crippen LogP contribution in [0.25, 0.3) is 0 Å². The lowest BCUT2D eigenvalue weighted by molar-refractivity contribution is -0.273. The van der Waals surface area contributed by atoms with Gasteiger partial charge in [-0.05, 0) is 180 Å². The van der Waals surface area contributed by atoms with Gasteiger partial charge < -0.3 is 52.5 Å². The van der Waals surface area contributed by atoms with Crippen LogP contribution in [0.15, 0.2) is 142 Å². The number of carboxylic acid groups (broad SMARTS) is 1. The van der Waals surface area contributed by atoms with E-state index in [1.807, 2.05) is 24.7 Å². The molecular formula is C85H115ClF6N10O20. The Hall–Kier alpha value is -11.6. The summed E-state index contributed by atoms with van der Waals surface area (Å²) in [5.41, 5.74) is -3.23. The van der Waals surface area contributed by atoms with Crippen LogP contribution in [0.5, 0.6) is 17.6 Å². The number of carbonyl (C=O) groups is 9. The first-order valence-corrected chi connectivity index (χ1v) is 37.8. The van der Waals surface area contributed by atoms with Gasteiger partial charge >= 0.3 is 48.7 Å². The van der Waals surface area contributed by atoms with Crippen molar-refractivity contribution in [2.75, 3.05) is 22.6 Å². The molecule has 0 saturated heterocycles. The van der Waals surface area contributed by atoms with E-state index < -0.39 is 131 Å². The SMILES string of the molecule is C=CCC[C@@](OCc1ccccc1)(C(=O)NN)C(F)(F)F.C=CCC[C@@](OCc1ccccc1)(C(=O)NNC(=O)c1nc(O[C@H](C)CC=C)c(C)cc1NC(=O)OC(C)(C)C)C(F)(F)F.C=CC[C@@H](C)Oc1nc(C(=O)O)c(NC(=O)OC(C)(C)C)cc1C.C=CC[C@@H](C)Oc1nc(C(=O)OC)c(N(C(=O)OC(C)(C)C)C(=O)OC(C)(C)C)cc1C.Cl. The van der Waals surface area contributed by atoms with Crippen LogP contribution >= 0.6 is 12.4 Å². The van der Waals surface area contributed by atoms with Crippen LogP contribution in [0.4, 0.5) is 62.6 Å². The molecule has 7 amide bonds. The molecule has 0 fully saturated rings. The predicted molar refractivity (Wildman–Crippen MR) is 449 cm³/mol. The minimum atomic E-state index is -5.17. The number of aryl methyl sites for hydroxylation is 3. The second-order valence-electron chi connectivity index (χ2n) is 30.9. The number of aromatic nitrogens is 3. The maximum atomic E-state index is 14.5. The van der Waals surface area contributed by atoms with E-state index >= 15 is 0 Å². The van der Waals surface area contributed by atoms with Gasteiger partial charge in [-0.3, -0.25) is 41.3 Å². The molecule has 0 aliphatic rings. The van der Waals surface area contributed by atoms with Crippen molar-refractivity contribution >= 4 is 83.5 Å². The fraction of sp³-hybridized carbons (Fsp3) is 0.459. The lowest BCUT2D eigenvalue weighted by Gasteiger charge is -2.34. The van der Waals surface area contributed by atoms with Gasteiger partial charge in [0.05, 0.1) is 37.4 Å². The van der Waals surface area contributed by atoms with Crippen molar-refractivity contribution in [3.63, 3.8) is 0 Å². The van der Waals surface area contributed by atoms with Gasteiger partial charge in [0.25, 0.3) is 17.7 Å². The first-order chi connectivity index (χ1) is 56.0. The van der Waals surface area contributed by atoms with Gasteiger partial charge in [-0.1, -0.05) is 91.0 Å². The summed E-state index contributed by atoms with van der Waals surface area (Å²) in [5.74, 6) is -1.09. The Labute approximate surface area is 713 Å². The molecule has 0 aliphatic heterocycles. The second kappa shape index (κ2) is 48.7. The molecule has 2 aromatic carbocycles. The Morgan fingerprint density at radius 1 is 0.492 bits per heavy atom. The molecule has 37 heteroatoms. The number of imide groups is 1. The third kappa shape index (κ3) is 36.0. The monoisotopic (exact) mass is 1740 g/mol. The Kier molecular flexibility index (Phi) is 43.3. The number of nitrogens with one attached hydrogen (secondary N) is 5. The molecule has 5 atom stereocenters. The number of pyridine rings is 3. The number of ether oxygens (including phenoxy) is 10. The first kappa shape index (κ1) is 108. The number of carboxylic acids is 1. The highest BCUT2D eigenvalue weighted by molar-refractivity contribution is 6.13. The molecule has 0 spiro atoms. The number of aromatic carboxylic acids is 1. The standard InChI is InChI=1S/C31H39F3N4O6.C23H34N2O7.C17H24N2O5.C14H17F3N2O2.ClH/c1-8-10-17-30(31(32,33)34,42-19-22-15-12-11-13-16-22)27(40)38-37-25(39)24-23(35-28(41)44-29(5,6)7)18-20(3)26(36-24)43-21(4)14-9-2;1-11-12-15(3)30-18-14(2)13-16(17(24-18)19(26)29-10)25(20(27)31-22(4,5)6)21(28)32-23(7,8)9;1-7-8-11(3)23-14-10(2)9-12(13(19-14)15(20)21)18-16(22)24-17(4,5)6;1-2-3-9-13(12(20)19-18,14(15,16)17)21-10-11-7-5-4-6-8-11;/h8-9,11-13,15-16,18,21H,1-2,10,14,17,19H2,3-7H3,(H,35,41)(H,37,39)(H,38,40);11,13,15H,1,12H2,2-10H3;7,9,11H,1,8H2,2-6H3,(H,18,22)(H,20,21);2,4-8H,1,3,9-10,18H2,(H,19,20);1H/t21-,30-;15-;11-;13-;/m1111./s1. The van der Waals surface area contributed by atoms with Crippen LogP contribution in [0, 0.1) is 20.8 Å². The number of halogens is 7. The van der Waals surface area contributed by atoms with Gasteiger partial charge in [-0.25, -0.2) is 49.6 Å². The maximum absolute atomic E-state index is 14.5. The summed E-state index contributed by atoms with van der Waals surface area (Å²) in [7, 11) is 1.17. The Morgan fingerprint density at radius 3 is 1.15 bits per heavy atom. The Morgan fingerprint density at radius 2 is 0.828 bits per heavy atom. The van der Waals surface area contributed by atoms with Crippen LogP contribution in [0.2, 0.25) is 0 Å². The number of esters is 1. The third-order valence-corrected chi connectivity index (χ3v) is 15.5. The molecule has 0 saturated carbocycles. The molecule has 122 heavy (non-hydrogen) atoms. The average Bonchev–Trinajstić information content (AvgIpc) is 0.829. The molecule has 674 valence electrons. The van der Waals surface area contributed by atoms with Crippen LogP contribution in [0.1, 0.15) is 208 Å². The fourth-order valence-electron chi connectivity index (χ4n) is 9.98. The van der Waals surface area contributed by atoms with Crippen LogP contribution < -0.4 is 51.9 Å². The number of hydrogen-bond donors (Lipinski definition) is 7. The third-order valence-electron chi connectivity index (χ3n) is 15.5. The molecule has 0 radical (unpaired) electrons. The van der Waals surface area contributed by atoms with E-state index in [0.717, 1.165) is 0 Å². The van der Waals surface area contributed by atoms with Gasteiger partial charge in [0.2, 0.25) is 28.8 Å². The summed E-state index contributed by atoms with van der Waals surface area (Å²) in [6, 6.07) is 20.6. The highest BCUT2D eigenvalue weighted by atomic mass is 35.5. The van der Waals surface area contributed by atoms with Crippen molar-refractivity contribution in [2.45, 2.75) is 247 Å². The lowest BCUT2D eigenvalue weighted by atomic mass is 9.95. The zero-order valence-electron chi connectivity index (χ0n) is 72.3. The van der Waals surface area contributed by atoms with Crippen molar-refractivity contribution in [1.82, 2.24) is 31.2 Å². The molecule has 0 unspecified atom stereocenters. The van der Waals surface area contributed by atoms with E-state index in [-0.39, 0.29) is 90.2 Å². The minimum absolute atomic E-state index is 0. The number of amides is 7. The molecule has 3 heterocycles. The maximum Gasteiger partial charge on any atom is 0.426 e. The van der Waals surface area contributed by atoms with Crippen LogP contribution in [-0.2, 0) is 56.0 Å². The lowest BCUT2D eigenvalue weighted by Crippen LogP contribution is -2.61. The van der Waals surface area contributed by atoms with E-state index in [9.17, 15) is 74.6 Å². The number of methoxy groups -OCH3 is 1. The molecule has 5 rings (SSSR count). The van der Waals surface area contributed by atoms with Crippen molar-refractivity contribution in [1.29, 1.82) is 0 Å². The summed E-state index contributed by atoms with van der Waals surface area (Å²) in [6.07, 6.45) is -7.14. The largest absolute Gasteiger partial charge is 0.476 e. The van der Waals surface area contributed by atoms with Gasteiger partial charge in [0, 0.05) is 36.0 Å². The Bertz CT molecular complexity index is 4350. The van der Waals surface area contributed by atoms with Crippen molar-refractivity contribution in [3.8, 4) is 17.6 Å². The second-order valence-corrected chi connectivity index (χ2v) is 30.9. The first-order valence-electron chi connectivity index (χ1n) is 37.8. The zero-order chi connectivity index (χ0) is 92.4. The smallest absolute Gasteiger partial charge is 0.426 e. The number of carbonyl (C=O) groups excluding carboxylic acids is 8. The number of hydrazine groups is 2. The molecule has 3 aromatic heterocycles. The quantitative estimate of drug-likeness (QED) is 0.00400. The average molecular weight is 1750 g/mol. The van der Waals surface area contributed by atoms with Gasteiger partial charge in [-0.2, -0.15) is 31.2 Å². The molecule has 30 nitrogen and oxygen atoms in total. The van der Waals surface area contributed by atoms with Gasteiger partial charge in [-0.15, -0.1) is 45.3 Å². The number of anilines is 3. The zero-order valence-corrected chi connectivity index (χ0v) is 73.1. The number of hydrogen-bond acceptors (Lipinski definition) is 23. The van der Waals surface area contributed by atoms with E-state index in [0.29, 0.717) is 52.0 Å². The predicted octanol–water partition coefficient (Wildman–Crippen LogP) is 18.2. The van der Waals surface area contributed by atoms with E-state index in [2.05, 4.69) is 58.5 Å². The summed E-state index contributed by atoms with van der Waals surface area (Å²) in [6.45, 7) is 47.2. The summed E-state index contributed by atoms with van der Waals surface area (Å²) < 4.78 is 137. The molecular weight excluding hydrogens is 1630 g/mol.